The summed E-state index contributed by atoms with van der Waals surface area (Å²) in [7, 11) is 2.51. The van der Waals surface area contributed by atoms with Crippen molar-refractivity contribution in [2.24, 2.45) is 11.8 Å². The number of rotatable bonds is 5. The fourth-order valence-electron chi connectivity index (χ4n) is 3.67. The van der Waals surface area contributed by atoms with Gasteiger partial charge in [-0.05, 0) is 24.6 Å². The number of methoxy groups -OCH3 is 2. The summed E-state index contributed by atoms with van der Waals surface area (Å²) in [6.45, 7) is 6.69. The molecule has 0 bridgehead atoms. The molecule has 1 aromatic carbocycles. The van der Waals surface area contributed by atoms with Crippen molar-refractivity contribution in [3.05, 3.63) is 29.3 Å². The third-order valence-electron chi connectivity index (χ3n) is 4.55. The lowest BCUT2D eigenvalue weighted by atomic mass is 9.92. The van der Waals surface area contributed by atoms with E-state index in [0.29, 0.717) is 24.1 Å². The zero-order valence-corrected chi connectivity index (χ0v) is 15.8. The van der Waals surface area contributed by atoms with Crippen LogP contribution in [0.15, 0.2) is 18.2 Å². The number of hydrogen-bond donors (Lipinski definition) is 2. The predicted molar refractivity (Wildman–Crippen MR) is 96.3 cm³/mol. The van der Waals surface area contributed by atoms with Gasteiger partial charge < -0.3 is 19.7 Å². The minimum atomic E-state index is -0.587. The van der Waals surface area contributed by atoms with Gasteiger partial charge in [0, 0.05) is 17.5 Å². The molecule has 1 saturated heterocycles. The van der Waals surface area contributed by atoms with Crippen LogP contribution in [-0.4, -0.2) is 51.7 Å². The predicted octanol–water partition coefficient (Wildman–Crippen LogP) is 0.759. The molecule has 7 heteroatoms. The van der Waals surface area contributed by atoms with Crippen LogP contribution < -0.4 is 10.2 Å². The van der Waals surface area contributed by atoms with Crippen LogP contribution in [0, 0.1) is 11.8 Å². The van der Waals surface area contributed by atoms with Gasteiger partial charge in [-0.2, -0.15) is 0 Å². The molecular weight excluding hydrogens is 336 g/mol. The Labute approximate surface area is 153 Å². The highest BCUT2D eigenvalue weighted by molar-refractivity contribution is 5.99. The molecule has 1 aromatic rings. The van der Waals surface area contributed by atoms with Gasteiger partial charge in [0.25, 0.3) is 5.91 Å². The van der Waals surface area contributed by atoms with Crippen molar-refractivity contribution in [3.63, 3.8) is 0 Å². The van der Waals surface area contributed by atoms with Crippen molar-refractivity contribution in [1.29, 1.82) is 0 Å². The third-order valence-corrected chi connectivity index (χ3v) is 4.55. The fourth-order valence-corrected chi connectivity index (χ4v) is 3.67. The summed E-state index contributed by atoms with van der Waals surface area (Å²) in [5.41, 5.74) is 0.729. The summed E-state index contributed by atoms with van der Waals surface area (Å²) >= 11 is 0. The van der Waals surface area contributed by atoms with E-state index in [1.54, 1.807) is 0 Å². The molecule has 26 heavy (non-hydrogen) atoms. The normalized spacial score (nSPS) is 22.4. The average Bonchev–Trinajstić information content (AvgIpc) is 2.58. The van der Waals surface area contributed by atoms with E-state index < -0.39 is 11.9 Å². The van der Waals surface area contributed by atoms with Gasteiger partial charge in [0.1, 0.15) is 0 Å². The molecule has 7 nitrogen and oxygen atoms in total. The van der Waals surface area contributed by atoms with Gasteiger partial charge in [-0.25, -0.2) is 9.59 Å². The number of anilines is 1. The zero-order chi connectivity index (χ0) is 19.3. The molecule has 0 aromatic heterocycles. The van der Waals surface area contributed by atoms with Gasteiger partial charge in [-0.3, -0.25) is 4.79 Å². The Morgan fingerprint density at radius 1 is 1.00 bits per heavy atom. The largest absolute Gasteiger partial charge is 0.465 e. The SMILES string of the molecule is COC(=O)c1cc(NC(=O)C[NH+]2C[C@@H](C)C[C@H](C)C2)cc(C(=O)OC)c1. The number of esters is 2. The number of piperidine rings is 1. The minimum Gasteiger partial charge on any atom is -0.465 e. The second kappa shape index (κ2) is 8.80. The summed E-state index contributed by atoms with van der Waals surface area (Å²) in [4.78, 5) is 37.3. The second-order valence-corrected chi connectivity index (χ2v) is 7.11. The Morgan fingerprint density at radius 3 is 1.96 bits per heavy atom. The van der Waals surface area contributed by atoms with Crippen molar-refractivity contribution < 1.29 is 28.8 Å². The summed E-state index contributed by atoms with van der Waals surface area (Å²) in [6.07, 6.45) is 1.19. The van der Waals surface area contributed by atoms with Gasteiger partial charge in [0.05, 0.1) is 38.4 Å². The average molecular weight is 363 g/mol. The van der Waals surface area contributed by atoms with Crippen molar-refractivity contribution in [2.75, 3.05) is 39.2 Å². The number of quaternary nitrogens is 1. The van der Waals surface area contributed by atoms with Crippen molar-refractivity contribution >= 4 is 23.5 Å². The smallest absolute Gasteiger partial charge is 0.337 e. The topological polar surface area (TPSA) is 86.1 Å². The molecule has 1 aliphatic rings. The van der Waals surface area contributed by atoms with E-state index in [0.717, 1.165) is 13.1 Å². The van der Waals surface area contributed by atoms with Crippen LogP contribution in [0.1, 0.15) is 41.0 Å². The summed E-state index contributed by atoms with van der Waals surface area (Å²) in [6, 6.07) is 4.37. The van der Waals surface area contributed by atoms with Gasteiger partial charge >= 0.3 is 11.9 Å². The first kappa shape index (κ1) is 19.9. The first-order valence-corrected chi connectivity index (χ1v) is 8.77. The lowest BCUT2D eigenvalue weighted by Gasteiger charge is -2.31. The van der Waals surface area contributed by atoms with E-state index in [1.165, 1.54) is 43.7 Å². The van der Waals surface area contributed by atoms with E-state index in [2.05, 4.69) is 19.2 Å². The molecule has 1 amide bonds. The molecule has 0 aliphatic carbocycles. The van der Waals surface area contributed by atoms with Crippen LogP contribution in [0.5, 0.6) is 0 Å². The Kier molecular flexibility index (Phi) is 6.74. The highest BCUT2D eigenvalue weighted by atomic mass is 16.5. The number of hydrogen-bond acceptors (Lipinski definition) is 5. The van der Waals surface area contributed by atoms with E-state index in [4.69, 9.17) is 9.47 Å². The molecule has 1 fully saturated rings. The maximum atomic E-state index is 12.4. The Morgan fingerprint density at radius 2 is 1.50 bits per heavy atom. The second-order valence-electron chi connectivity index (χ2n) is 7.11. The Balaban J connectivity index is 2.12. The zero-order valence-electron chi connectivity index (χ0n) is 15.8. The van der Waals surface area contributed by atoms with E-state index in [9.17, 15) is 14.4 Å². The van der Waals surface area contributed by atoms with Crippen LogP contribution in [0.25, 0.3) is 0 Å². The van der Waals surface area contributed by atoms with Crippen molar-refractivity contribution in [1.82, 2.24) is 0 Å². The van der Waals surface area contributed by atoms with Crippen LogP contribution in [-0.2, 0) is 14.3 Å². The number of amides is 1. The lowest BCUT2D eigenvalue weighted by molar-refractivity contribution is -0.904. The molecule has 2 N–H and O–H groups in total. The monoisotopic (exact) mass is 363 g/mol. The molecule has 0 saturated carbocycles. The third kappa shape index (κ3) is 5.29. The molecule has 1 heterocycles. The number of likely N-dealkylation sites (tertiary alicyclic amines) is 1. The minimum absolute atomic E-state index is 0.154. The van der Waals surface area contributed by atoms with E-state index in [-0.39, 0.29) is 17.0 Å². The number of carbonyl (C=O) groups excluding carboxylic acids is 3. The van der Waals surface area contributed by atoms with Gasteiger partial charge in [-0.1, -0.05) is 13.8 Å². The molecule has 2 atom stereocenters. The van der Waals surface area contributed by atoms with Crippen molar-refractivity contribution in [2.45, 2.75) is 20.3 Å². The summed E-state index contributed by atoms with van der Waals surface area (Å²) in [5.74, 6) is -0.143. The summed E-state index contributed by atoms with van der Waals surface area (Å²) in [5, 5.41) is 2.78. The van der Waals surface area contributed by atoms with Crippen LogP contribution in [0.3, 0.4) is 0 Å². The fraction of sp³-hybridized carbons (Fsp3) is 0.526. The molecule has 0 spiro atoms. The number of benzene rings is 1. The quantitative estimate of drug-likeness (QED) is 0.755. The Hall–Kier alpha value is -2.41. The van der Waals surface area contributed by atoms with Crippen LogP contribution in [0.4, 0.5) is 5.69 Å². The molecular formula is C19H27N2O5+. The van der Waals surface area contributed by atoms with Gasteiger partial charge in [0.15, 0.2) is 6.54 Å². The van der Waals surface area contributed by atoms with Gasteiger partial charge in [0.2, 0.25) is 0 Å². The number of carbonyl (C=O) groups is 3. The molecule has 0 radical (unpaired) electrons. The first-order valence-electron chi connectivity index (χ1n) is 8.77. The molecule has 1 aliphatic heterocycles. The maximum absolute atomic E-state index is 12.4. The Bertz CT molecular complexity index is 644. The molecule has 142 valence electrons. The molecule has 2 rings (SSSR count). The van der Waals surface area contributed by atoms with Crippen LogP contribution in [0.2, 0.25) is 0 Å². The highest BCUT2D eigenvalue weighted by Gasteiger charge is 2.27. The first-order chi connectivity index (χ1) is 12.3. The number of nitrogens with one attached hydrogen (secondary N) is 2. The van der Waals surface area contributed by atoms with Crippen molar-refractivity contribution in [3.8, 4) is 0 Å². The van der Waals surface area contributed by atoms with Gasteiger partial charge in [-0.15, -0.1) is 0 Å². The number of ether oxygens (including phenoxy) is 2. The summed E-state index contributed by atoms with van der Waals surface area (Å²) < 4.78 is 9.40. The van der Waals surface area contributed by atoms with Crippen LogP contribution >= 0.6 is 0 Å². The van der Waals surface area contributed by atoms with E-state index >= 15 is 0 Å². The lowest BCUT2D eigenvalue weighted by Crippen LogP contribution is -3.15. The highest BCUT2D eigenvalue weighted by Crippen LogP contribution is 2.17. The standard InChI is InChI=1S/C19H26N2O5/c1-12-5-13(2)10-21(9-12)11-17(22)20-16-7-14(18(23)25-3)6-15(8-16)19(24)26-4/h6-8,12-13H,5,9-11H2,1-4H3,(H,20,22)/p+1/t12-,13-/m0/s1. The molecule has 0 unspecified atom stereocenters. The van der Waals surface area contributed by atoms with E-state index in [1.807, 2.05) is 0 Å². The maximum Gasteiger partial charge on any atom is 0.337 e.